The number of aromatic nitrogens is 2. The number of halogens is 2. The summed E-state index contributed by atoms with van der Waals surface area (Å²) in [5, 5.41) is 11.2. The zero-order chi connectivity index (χ0) is 13.1. The zero-order valence-corrected chi connectivity index (χ0v) is 10.2. The first-order chi connectivity index (χ1) is 8.56. The molecule has 0 spiro atoms. The highest BCUT2D eigenvalue weighted by molar-refractivity contribution is 6.30. The molecule has 1 aromatic carbocycles. The molecule has 0 saturated carbocycles. The summed E-state index contributed by atoms with van der Waals surface area (Å²) in [5.74, 6) is 0.0777. The van der Waals surface area contributed by atoms with E-state index < -0.39 is 4.92 Å². The van der Waals surface area contributed by atoms with Crippen molar-refractivity contribution in [1.29, 1.82) is 0 Å². The molecular weight excluding hydrogens is 281 g/mol. The van der Waals surface area contributed by atoms with E-state index in [0.717, 1.165) is 0 Å². The van der Waals surface area contributed by atoms with E-state index in [4.69, 9.17) is 27.9 Å². The summed E-state index contributed by atoms with van der Waals surface area (Å²) in [5.41, 5.74) is -0.260. The smallest absolute Gasteiger partial charge is 0.313 e. The molecule has 8 heteroatoms. The molecule has 6 nitrogen and oxygen atoms in total. The van der Waals surface area contributed by atoms with Gasteiger partial charge in [0.05, 0.1) is 17.3 Å². The van der Waals surface area contributed by atoms with Gasteiger partial charge in [-0.1, -0.05) is 23.2 Å². The van der Waals surface area contributed by atoms with Crippen LogP contribution >= 0.6 is 23.2 Å². The van der Waals surface area contributed by atoms with Gasteiger partial charge in [0.25, 0.3) is 0 Å². The van der Waals surface area contributed by atoms with Crippen molar-refractivity contribution in [2.45, 2.75) is 0 Å². The Morgan fingerprint density at radius 3 is 2.72 bits per heavy atom. The number of hydrogen-bond acceptors (Lipinski definition) is 5. The second-order valence-corrected chi connectivity index (χ2v) is 3.97. The minimum atomic E-state index is -0.598. The van der Waals surface area contributed by atoms with Crippen molar-refractivity contribution in [2.75, 3.05) is 0 Å². The van der Waals surface area contributed by atoms with Crippen molar-refractivity contribution in [2.24, 2.45) is 0 Å². The van der Waals surface area contributed by atoms with Crippen molar-refractivity contribution in [3.63, 3.8) is 0 Å². The van der Waals surface area contributed by atoms with Gasteiger partial charge >= 0.3 is 5.69 Å². The van der Waals surface area contributed by atoms with Crippen LogP contribution in [0, 0.1) is 10.1 Å². The number of ether oxygens (including phenoxy) is 1. The van der Waals surface area contributed by atoms with Crippen LogP contribution in [0.4, 0.5) is 5.69 Å². The Kier molecular flexibility index (Phi) is 3.59. The fourth-order valence-electron chi connectivity index (χ4n) is 1.21. The maximum Gasteiger partial charge on any atom is 0.313 e. The third-order valence-corrected chi connectivity index (χ3v) is 2.33. The lowest BCUT2D eigenvalue weighted by Gasteiger charge is -2.05. The van der Waals surface area contributed by atoms with E-state index in [1.807, 2.05) is 0 Å². The molecule has 0 N–H and O–H groups in total. The molecule has 0 atom stereocenters. The summed E-state index contributed by atoms with van der Waals surface area (Å²) < 4.78 is 5.25. The lowest BCUT2D eigenvalue weighted by atomic mass is 10.3. The highest BCUT2D eigenvalue weighted by Crippen LogP contribution is 2.32. The molecule has 2 aromatic rings. The number of rotatable bonds is 3. The molecule has 2 rings (SSSR count). The van der Waals surface area contributed by atoms with Gasteiger partial charge in [-0.25, -0.2) is 0 Å². The Bertz CT molecular complexity index is 607. The topological polar surface area (TPSA) is 78.2 Å². The van der Waals surface area contributed by atoms with Crippen molar-refractivity contribution in [3.05, 3.63) is 50.9 Å². The molecule has 0 aliphatic heterocycles. The molecule has 0 fully saturated rings. The second-order valence-electron chi connectivity index (χ2n) is 3.15. The predicted molar refractivity (Wildman–Crippen MR) is 65.2 cm³/mol. The summed E-state index contributed by atoms with van der Waals surface area (Å²) in [7, 11) is 0. The van der Waals surface area contributed by atoms with Gasteiger partial charge in [-0.15, -0.1) is 0 Å². The first-order valence-corrected chi connectivity index (χ1v) is 5.41. The van der Waals surface area contributed by atoms with E-state index >= 15 is 0 Å². The van der Waals surface area contributed by atoms with Crippen molar-refractivity contribution < 1.29 is 9.66 Å². The highest BCUT2D eigenvalue weighted by atomic mass is 35.5. The van der Waals surface area contributed by atoms with Crippen LogP contribution in [0.5, 0.6) is 11.6 Å². The summed E-state index contributed by atoms with van der Waals surface area (Å²) in [4.78, 5) is 17.8. The van der Waals surface area contributed by atoms with Gasteiger partial charge in [-0.05, 0) is 12.1 Å². The largest absolute Gasteiger partial charge is 0.430 e. The second kappa shape index (κ2) is 5.16. The third-order valence-electron chi connectivity index (χ3n) is 1.92. The van der Waals surface area contributed by atoms with E-state index in [1.165, 1.54) is 30.6 Å². The average Bonchev–Trinajstić information content (AvgIpc) is 2.31. The van der Waals surface area contributed by atoms with Crippen LogP contribution in [0.2, 0.25) is 10.2 Å². The van der Waals surface area contributed by atoms with Crippen LogP contribution in [-0.2, 0) is 0 Å². The summed E-state index contributed by atoms with van der Waals surface area (Å²) in [6.45, 7) is 0. The van der Waals surface area contributed by atoms with Gasteiger partial charge < -0.3 is 4.74 Å². The lowest BCUT2D eigenvalue weighted by Crippen LogP contribution is -1.95. The number of hydrogen-bond donors (Lipinski definition) is 0. The van der Waals surface area contributed by atoms with Gasteiger partial charge in [-0.3, -0.25) is 15.1 Å². The Morgan fingerprint density at radius 1 is 1.28 bits per heavy atom. The summed E-state index contributed by atoms with van der Waals surface area (Å²) in [6.07, 6.45) is 2.62. The molecule has 0 radical (unpaired) electrons. The number of nitrogens with zero attached hydrogens (tertiary/aromatic N) is 3. The maximum atomic E-state index is 10.8. The maximum absolute atomic E-state index is 10.8. The fraction of sp³-hybridized carbons (Fsp3) is 0. The van der Waals surface area contributed by atoms with Crippen molar-refractivity contribution in [1.82, 2.24) is 9.97 Å². The van der Waals surface area contributed by atoms with Crippen LogP contribution in [0.25, 0.3) is 0 Å². The van der Waals surface area contributed by atoms with Gasteiger partial charge in [0.15, 0.2) is 5.15 Å². The van der Waals surface area contributed by atoms with E-state index in [1.54, 1.807) is 0 Å². The Labute approximate surface area is 111 Å². The molecular formula is C10H5Cl2N3O3. The molecule has 92 valence electrons. The SMILES string of the molecule is O=[N+]([O-])c1cc(Cl)ccc1Oc1cncc(Cl)n1. The summed E-state index contributed by atoms with van der Waals surface area (Å²) >= 11 is 11.3. The first-order valence-electron chi connectivity index (χ1n) is 4.65. The third kappa shape index (κ3) is 2.85. The molecule has 1 heterocycles. The van der Waals surface area contributed by atoms with Gasteiger partial charge in [0.1, 0.15) is 0 Å². The molecule has 0 amide bonds. The van der Waals surface area contributed by atoms with Crippen LogP contribution in [-0.4, -0.2) is 14.9 Å². The number of nitro benzene ring substituents is 1. The van der Waals surface area contributed by atoms with Crippen molar-refractivity contribution >= 4 is 28.9 Å². The monoisotopic (exact) mass is 285 g/mol. The van der Waals surface area contributed by atoms with E-state index in [2.05, 4.69) is 9.97 Å². The number of benzene rings is 1. The molecule has 18 heavy (non-hydrogen) atoms. The predicted octanol–water partition coefficient (Wildman–Crippen LogP) is 3.48. The van der Waals surface area contributed by atoms with Gasteiger partial charge in [-0.2, -0.15) is 4.98 Å². The molecule has 0 aliphatic carbocycles. The van der Waals surface area contributed by atoms with Crippen LogP contribution < -0.4 is 4.74 Å². The zero-order valence-electron chi connectivity index (χ0n) is 8.71. The lowest BCUT2D eigenvalue weighted by molar-refractivity contribution is -0.385. The molecule has 0 bridgehead atoms. The quantitative estimate of drug-likeness (QED) is 0.637. The van der Waals surface area contributed by atoms with Crippen LogP contribution in [0.1, 0.15) is 0 Å². The minimum Gasteiger partial charge on any atom is -0.430 e. The minimum absolute atomic E-state index is 0.0148. The molecule has 0 aliphatic rings. The van der Waals surface area contributed by atoms with E-state index in [0.29, 0.717) is 0 Å². The molecule has 0 unspecified atom stereocenters. The van der Waals surface area contributed by atoms with Crippen molar-refractivity contribution in [3.8, 4) is 11.6 Å². The summed E-state index contributed by atoms with van der Waals surface area (Å²) in [6, 6.07) is 4.04. The molecule has 1 aromatic heterocycles. The normalized spacial score (nSPS) is 10.1. The van der Waals surface area contributed by atoms with E-state index in [-0.39, 0.29) is 27.5 Å². The Hall–Kier alpha value is -1.92. The van der Waals surface area contributed by atoms with Gasteiger partial charge in [0.2, 0.25) is 11.6 Å². The fourth-order valence-corrected chi connectivity index (χ4v) is 1.51. The highest BCUT2D eigenvalue weighted by Gasteiger charge is 2.17. The number of nitro groups is 1. The average molecular weight is 286 g/mol. The van der Waals surface area contributed by atoms with Crippen LogP contribution in [0.3, 0.4) is 0 Å². The Morgan fingerprint density at radius 2 is 2.06 bits per heavy atom. The Balaban J connectivity index is 2.37. The standard InChI is InChI=1S/C10H5Cl2N3O3/c11-6-1-2-8(7(3-6)15(16)17)18-10-5-13-4-9(12)14-10/h1-5H. The van der Waals surface area contributed by atoms with Crippen LogP contribution in [0.15, 0.2) is 30.6 Å². The molecule has 0 saturated heterocycles. The van der Waals surface area contributed by atoms with Gasteiger partial charge in [0, 0.05) is 11.1 Å². The first kappa shape index (κ1) is 12.5. The van der Waals surface area contributed by atoms with E-state index in [9.17, 15) is 10.1 Å².